The predicted octanol–water partition coefficient (Wildman–Crippen LogP) is 3.04. The first-order valence-corrected chi connectivity index (χ1v) is 11.7. The van der Waals surface area contributed by atoms with Gasteiger partial charge in [-0.25, -0.2) is 22.6 Å². The molecule has 8 nitrogen and oxygen atoms in total. The maximum Gasteiger partial charge on any atom is 0.341 e. The number of rotatable bonds is 9. The smallest absolute Gasteiger partial charge is 0.341 e. The molecule has 2 rings (SSSR count). The highest BCUT2D eigenvalue weighted by Crippen LogP contribution is 2.23. The minimum atomic E-state index is -3.85. The van der Waals surface area contributed by atoms with Crippen LogP contribution in [0.1, 0.15) is 43.7 Å². The van der Waals surface area contributed by atoms with Gasteiger partial charge in [0.1, 0.15) is 12.4 Å². The predicted molar refractivity (Wildman–Crippen MR) is 111 cm³/mol. The third-order valence-corrected chi connectivity index (χ3v) is 7.28. The van der Waals surface area contributed by atoms with Gasteiger partial charge in [0, 0.05) is 31.9 Å². The van der Waals surface area contributed by atoms with Gasteiger partial charge in [-0.1, -0.05) is 13.8 Å². The molecule has 0 spiro atoms. The van der Waals surface area contributed by atoms with E-state index in [0.29, 0.717) is 17.4 Å². The first kappa shape index (κ1) is 23.9. The summed E-state index contributed by atoms with van der Waals surface area (Å²) in [5.41, 5.74) is -0.0759. The molecule has 0 aliphatic carbocycles. The number of amides is 1. The minimum absolute atomic E-state index is 0.163. The molecule has 0 N–H and O–H groups in total. The van der Waals surface area contributed by atoms with Crippen molar-refractivity contribution in [2.24, 2.45) is 0 Å². The van der Waals surface area contributed by atoms with Crippen molar-refractivity contribution >= 4 is 38.4 Å². The third kappa shape index (κ3) is 5.21. The minimum Gasteiger partial charge on any atom is -0.455 e. The van der Waals surface area contributed by atoms with E-state index in [1.54, 1.807) is 19.2 Å². The summed E-state index contributed by atoms with van der Waals surface area (Å²) in [5, 5.41) is 2.10. The van der Waals surface area contributed by atoms with Gasteiger partial charge < -0.3 is 4.74 Å². The number of esters is 1. The molecule has 0 saturated heterocycles. The SMILES string of the molecule is CCN(C(C)=O)c1nc(COC(=O)c2cc(S(=O)(=O)N(CC)CC)ccc2F)cs1. The first-order chi connectivity index (χ1) is 14.1. The fourth-order valence-electron chi connectivity index (χ4n) is 2.73. The molecular formula is C19H24FN3O5S2. The summed E-state index contributed by atoms with van der Waals surface area (Å²) < 4.78 is 45.7. The van der Waals surface area contributed by atoms with Crippen LogP contribution in [-0.4, -0.2) is 49.2 Å². The van der Waals surface area contributed by atoms with Crippen molar-refractivity contribution < 1.29 is 27.1 Å². The molecule has 1 aromatic carbocycles. The van der Waals surface area contributed by atoms with Gasteiger partial charge in [0.2, 0.25) is 15.9 Å². The number of benzene rings is 1. The summed E-state index contributed by atoms with van der Waals surface area (Å²) in [5.74, 6) is -2.05. The number of aromatic nitrogens is 1. The highest BCUT2D eigenvalue weighted by atomic mass is 32.2. The molecule has 1 heterocycles. The quantitative estimate of drug-likeness (QED) is 0.537. The van der Waals surface area contributed by atoms with E-state index in [2.05, 4.69) is 4.98 Å². The number of sulfonamides is 1. The Kier molecular flexibility index (Phi) is 8.04. The van der Waals surface area contributed by atoms with Gasteiger partial charge in [0.15, 0.2) is 5.13 Å². The van der Waals surface area contributed by atoms with Crippen LogP contribution in [0.3, 0.4) is 0 Å². The van der Waals surface area contributed by atoms with Crippen LogP contribution in [0.25, 0.3) is 0 Å². The first-order valence-electron chi connectivity index (χ1n) is 9.34. The van der Waals surface area contributed by atoms with Crippen LogP contribution >= 0.6 is 11.3 Å². The number of halogens is 1. The molecule has 1 amide bonds. The fraction of sp³-hybridized carbons (Fsp3) is 0.421. The molecule has 0 aliphatic heterocycles. The van der Waals surface area contributed by atoms with Crippen molar-refractivity contribution in [3.05, 3.63) is 40.7 Å². The fourth-order valence-corrected chi connectivity index (χ4v) is 5.13. The number of carbonyl (C=O) groups excluding carboxylic acids is 2. The van der Waals surface area contributed by atoms with Gasteiger partial charge >= 0.3 is 5.97 Å². The average molecular weight is 458 g/mol. The molecule has 164 valence electrons. The number of thiazole rings is 1. The molecule has 0 radical (unpaired) electrons. The van der Waals surface area contributed by atoms with E-state index in [0.717, 1.165) is 18.2 Å². The molecule has 2 aromatic rings. The third-order valence-electron chi connectivity index (χ3n) is 4.32. The van der Waals surface area contributed by atoms with Crippen LogP contribution in [0.5, 0.6) is 0 Å². The summed E-state index contributed by atoms with van der Waals surface area (Å²) in [6.07, 6.45) is 0. The zero-order chi connectivity index (χ0) is 22.5. The van der Waals surface area contributed by atoms with E-state index in [1.165, 1.54) is 27.5 Å². The average Bonchev–Trinajstić information content (AvgIpc) is 3.15. The number of nitrogens with zero attached hydrogens (tertiary/aromatic N) is 3. The Bertz CT molecular complexity index is 1020. The molecule has 0 saturated carbocycles. The van der Waals surface area contributed by atoms with E-state index < -0.39 is 27.4 Å². The van der Waals surface area contributed by atoms with Gasteiger partial charge in [0.25, 0.3) is 0 Å². The second-order valence-corrected chi connectivity index (χ2v) is 8.97. The van der Waals surface area contributed by atoms with Gasteiger partial charge in [-0.15, -0.1) is 11.3 Å². The van der Waals surface area contributed by atoms with Crippen molar-refractivity contribution in [2.45, 2.75) is 39.2 Å². The van der Waals surface area contributed by atoms with Crippen molar-refractivity contribution in [3.63, 3.8) is 0 Å². The van der Waals surface area contributed by atoms with Gasteiger partial charge in [-0.2, -0.15) is 4.31 Å². The number of anilines is 1. The van der Waals surface area contributed by atoms with Gasteiger partial charge in [-0.05, 0) is 25.1 Å². The van der Waals surface area contributed by atoms with Crippen LogP contribution in [0.4, 0.5) is 9.52 Å². The van der Waals surface area contributed by atoms with Crippen molar-refractivity contribution in [1.82, 2.24) is 9.29 Å². The molecule has 0 unspecified atom stereocenters. The lowest BCUT2D eigenvalue weighted by molar-refractivity contribution is -0.116. The van der Waals surface area contributed by atoms with E-state index >= 15 is 0 Å². The molecule has 0 bridgehead atoms. The molecule has 11 heteroatoms. The largest absolute Gasteiger partial charge is 0.455 e. The zero-order valence-electron chi connectivity index (χ0n) is 17.2. The van der Waals surface area contributed by atoms with Gasteiger partial charge in [-0.3, -0.25) is 9.69 Å². The molecule has 0 aliphatic rings. The van der Waals surface area contributed by atoms with Crippen LogP contribution in [0, 0.1) is 5.82 Å². The maximum atomic E-state index is 14.2. The van der Waals surface area contributed by atoms with E-state index in [1.807, 2.05) is 6.92 Å². The maximum absolute atomic E-state index is 14.2. The summed E-state index contributed by atoms with van der Waals surface area (Å²) in [4.78, 5) is 29.5. The summed E-state index contributed by atoms with van der Waals surface area (Å²) in [6, 6.07) is 3.03. The normalized spacial score (nSPS) is 11.5. The summed E-state index contributed by atoms with van der Waals surface area (Å²) in [7, 11) is -3.85. The Labute approximate surface area is 179 Å². The highest BCUT2D eigenvalue weighted by molar-refractivity contribution is 7.89. The summed E-state index contributed by atoms with van der Waals surface area (Å²) in [6.45, 7) is 7.31. The lowest BCUT2D eigenvalue weighted by Gasteiger charge is -2.18. The Morgan fingerprint density at radius 3 is 2.40 bits per heavy atom. The number of hydrogen-bond donors (Lipinski definition) is 0. The Morgan fingerprint density at radius 1 is 1.17 bits per heavy atom. The summed E-state index contributed by atoms with van der Waals surface area (Å²) >= 11 is 1.22. The number of carbonyl (C=O) groups is 2. The molecule has 0 fully saturated rings. The second kappa shape index (κ2) is 10.1. The van der Waals surface area contributed by atoms with E-state index in [4.69, 9.17) is 4.74 Å². The van der Waals surface area contributed by atoms with Crippen molar-refractivity contribution in [1.29, 1.82) is 0 Å². The van der Waals surface area contributed by atoms with E-state index in [9.17, 15) is 22.4 Å². The van der Waals surface area contributed by atoms with Crippen LogP contribution in [-0.2, 0) is 26.2 Å². The monoisotopic (exact) mass is 457 g/mol. The Morgan fingerprint density at radius 2 is 1.83 bits per heavy atom. The zero-order valence-corrected chi connectivity index (χ0v) is 18.8. The molecule has 30 heavy (non-hydrogen) atoms. The highest BCUT2D eigenvalue weighted by Gasteiger charge is 2.25. The van der Waals surface area contributed by atoms with Gasteiger partial charge in [0.05, 0.1) is 16.2 Å². The topological polar surface area (TPSA) is 96.9 Å². The van der Waals surface area contributed by atoms with E-state index in [-0.39, 0.29) is 30.5 Å². The molecular weight excluding hydrogens is 433 g/mol. The molecule has 0 atom stereocenters. The van der Waals surface area contributed by atoms with Crippen LogP contribution in [0.2, 0.25) is 0 Å². The lowest BCUT2D eigenvalue weighted by atomic mass is 10.2. The second-order valence-electron chi connectivity index (χ2n) is 6.19. The molecule has 1 aromatic heterocycles. The van der Waals surface area contributed by atoms with Crippen molar-refractivity contribution in [2.75, 3.05) is 24.5 Å². The van der Waals surface area contributed by atoms with Crippen LogP contribution < -0.4 is 4.90 Å². The standard InChI is InChI=1S/C19H24FN3O5S2/c1-5-22(6-2)30(26,27)15-8-9-17(20)16(10-15)18(25)28-11-14-12-29-19(21-14)23(7-3)13(4)24/h8-10,12H,5-7,11H2,1-4H3. The Balaban J connectivity index is 2.18. The van der Waals surface area contributed by atoms with Crippen molar-refractivity contribution in [3.8, 4) is 0 Å². The Hall–Kier alpha value is -2.37. The van der Waals surface area contributed by atoms with Crippen LogP contribution in [0.15, 0.2) is 28.5 Å². The lowest BCUT2D eigenvalue weighted by Crippen LogP contribution is -2.30. The number of hydrogen-bond acceptors (Lipinski definition) is 7. The number of ether oxygens (including phenoxy) is 1.